The molecule has 1 aliphatic rings. The van der Waals surface area contributed by atoms with Crippen molar-refractivity contribution >= 4 is 22.9 Å². The van der Waals surface area contributed by atoms with E-state index in [1.54, 1.807) is 23.1 Å². The fourth-order valence-electron chi connectivity index (χ4n) is 4.10. The number of carbonyl (C=O) groups excluding carboxylic acids is 1. The van der Waals surface area contributed by atoms with Crippen LogP contribution in [0.1, 0.15) is 11.3 Å². The zero-order valence-electron chi connectivity index (χ0n) is 17.6. The van der Waals surface area contributed by atoms with Gasteiger partial charge >= 0.3 is 0 Å². The Hall–Kier alpha value is -3.75. The van der Waals surface area contributed by atoms with Crippen LogP contribution in [0.5, 0.6) is 0 Å². The molecule has 0 aliphatic carbocycles. The van der Waals surface area contributed by atoms with Crippen LogP contribution in [0.25, 0.3) is 16.9 Å². The van der Waals surface area contributed by atoms with Crippen LogP contribution in [-0.2, 0) is 11.3 Å². The van der Waals surface area contributed by atoms with Crippen molar-refractivity contribution in [3.05, 3.63) is 60.3 Å². The summed E-state index contributed by atoms with van der Waals surface area (Å²) in [6, 6.07) is 7.77. The molecule has 0 aromatic carbocycles. The molecule has 1 amide bonds. The second-order valence-electron chi connectivity index (χ2n) is 7.77. The van der Waals surface area contributed by atoms with Crippen molar-refractivity contribution in [2.24, 2.45) is 0 Å². The molecule has 0 N–H and O–H groups in total. The van der Waals surface area contributed by atoms with E-state index in [1.807, 2.05) is 47.0 Å². The molecule has 9 heteroatoms. The first kappa shape index (κ1) is 19.2. The van der Waals surface area contributed by atoms with Crippen LogP contribution in [0.4, 0.5) is 5.95 Å². The molecular formula is C22H24N8O. The van der Waals surface area contributed by atoms with Gasteiger partial charge in [-0.05, 0) is 43.7 Å². The summed E-state index contributed by atoms with van der Waals surface area (Å²) in [6.45, 7) is 6.86. The summed E-state index contributed by atoms with van der Waals surface area (Å²) in [4.78, 5) is 30.4. The van der Waals surface area contributed by atoms with Crippen molar-refractivity contribution in [2.45, 2.75) is 20.4 Å². The Labute approximate surface area is 180 Å². The number of fused-ring (bicyclic) bond motifs is 1. The molecule has 0 spiro atoms. The molecule has 158 valence electrons. The summed E-state index contributed by atoms with van der Waals surface area (Å²) in [5, 5.41) is 5.74. The van der Waals surface area contributed by atoms with Crippen LogP contribution in [0.2, 0.25) is 0 Å². The highest BCUT2D eigenvalue weighted by Crippen LogP contribution is 2.25. The van der Waals surface area contributed by atoms with E-state index in [-0.39, 0.29) is 12.5 Å². The molecule has 5 rings (SSSR count). The number of rotatable bonds is 4. The van der Waals surface area contributed by atoms with E-state index in [9.17, 15) is 4.79 Å². The molecule has 1 fully saturated rings. The highest BCUT2D eigenvalue weighted by Gasteiger charge is 2.24. The highest BCUT2D eigenvalue weighted by molar-refractivity contribution is 5.88. The highest BCUT2D eigenvalue weighted by atomic mass is 16.2. The van der Waals surface area contributed by atoms with Gasteiger partial charge in [-0.3, -0.25) is 4.79 Å². The van der Waals surface area contributed by atoms with Crippen LogP contribution < -0.4 is 4.90 Å². The molecule has 5 heterocycles. The molecule has 0 saturated carbocycles. The zero-order valence-corrected chi connectivity index (χ0v) is 17.6. The molecule has 9 nitrogen and oxygen atoms in total. The minimum Gasteiger partial charge on any atom is -0.338 e. The number of nitrogens with zero attached hydrogens (tertiary/aromatic N) is 8. The van der Waals surface area contributed by atoms with Crippen LogP contribution in [-0.4, -0.2) is 66.3 Å². The van der Waals surface area contributed by atoms with E-state index in [0.717, 1.165) is 28.1 Å². The van der Waals surface area contributed by atoms with Crippen molar-refractivity contribution in [3.63, 3.8) is 0 Å². The third kappa shape index (κ3) is 3.63. The van der Waals surface area contributed by atoms with Gasteiger partial charge in [0, 0.05) is 56.7 Å². The maximum atomic E-state index is 13.1. The predicted octanol–water partition coefficient (Wildman–Crippen LogP) is 1.98. The van der Waals surface area contributed by atoms with Crippen LogP contribution in [0.3, 0.4) is 0 Å². The van der Waals surface area contributed by atoms with E-state index < -0.39 is 0 Å². The molecule has 4 aromatic rings. The number of aromatic nitrogens is 6. The Kier molecular flexibility index (Phi) is 4.85. The second-order valence-corrected chi connectivity index (χ2v) is 7.77. The van der Waals surface area contributed by atoms with Crippen molar-refractivity contribution in [2.75, 3.05) is 31.1 Å². The zero-order chi connectivity index (χ0) is 21.4. The normalized spacial score (nSPS) is 14.4. The van der Waals surface area contributed by atoms with Gasteiger partial charge in [0.25, 0.3) is 0 Å². The lowest BCUT2D eigenvalue weighted by molar-refractivity contribution is -0.132. The van der Waals surface area contributed by atoms with Gasteiger partial charge < -0.3 is 14.4 Å². The SMILES string of the molecule is Cc1cc(C)c2c(-n3cccc3)nn(CC(=O)N3CCN(c4ncccn4)CC3)c2n1. The van der Waals surface area contributed by atoms with Gasteiger partial charge in [0.05, 0.1) is 5.39 Å². The lowest BCUT2D eigenvalue weighted by Gasteiger charge is -2.34. The van der Waals surface area contributed by atoms with E-state index in [1.165, 1.54) is 0 Å². The first-order valence-corrected chi connectivity index (χ1v) is 10.4. The molecule has 0 radical (unpaired) electrons. The lowest BCUT2D eigenvalue weighted by atomic mass is 10.2. The summed E-state index contributed by atoms with van der Waals surface area (Å²) in [5.74, 6) is 1.54. The number of anilines is 1. The number of pyridine rings is 1. The molecular weight excluding hydrogens is 392 g/mol. The first-order chi connectivity index (χ1) is 15.1. The topological polar surface area (TPSA) is 85.0 Å². The number of carbonyl (C=O) groups is 1. The quantitative estimate of drug-likeness (QED) is 0.506. The number of piperazine rings is 1. The number of amides is 1. The van der Waals surface area contributed by atoms with E-state index in [0.29, 0.717) is 32.1 Å². The molecule has 4 aromatic heterocycles. The van der Waals surface area contributed by atoms with Gasteiger partial charge in [0.1, 0.15) is 6.54 Å². The minimum absolute atomic E-state index is 0.0399. The maximum absolute atomic E-state index is 13.1. The van der Waals surface area contributed by atoms with E-state index >= 15 is 0 Å². The summed E-state index contributed by atoms with van der Waals surface area (Å²) in [5.41, 5.74) is 2.75. The average molecular weight is 416 g/mol. The van der Waals surface area contributed by atoms with Crippen LogP contribution >= 0.6 is 0 Å². The smallest absolute Gasteiger partial charge is 0.244 e. The van der Waals surface area contributed by atoms with Crippen molar-refractivity contribution in [1.29, 1.82) is 0 Å². The summed E-state index contributed by atoms with van der Waals surface area (Å²) in [6.07, 6.45) is 7.39. The van der Waals surface area contributed by atoms with Crippen molar-refractivity contribution in [3.8, 4) is 5.82 Å². The Morgan fingerprint density at radius 1 is 1.00 bits per heavy atom. The Morgan fingerprint density at radius 3 is 2.42 bits per heavy atom. The lowest BCUT2D eigenvalue weighted by Crippen LogP contribution is -2.50. The standard InChI is InChI=1S/C22H24N8O/c1-16-14-17(2)25-20-19(16)21(28-8-3-4-9-28)26-30(20)15-18(31)27-10-12-29(13-11-27)22-23-6-5-7-24-22/h3-9,14H,10-13,15H2,1-2H3. The molecule has 31 heavy (non-hydrogen) atoms. The van der Waals surface area contributed by atoms with Gasteiger partial charge in [-0.1, -0.05) is 0 Å². The fraction of sp³-hybridized carbons (Fsp3) is 0.318. The molecule has 0 unspecified atom stereocenters. The van der Waals surface area contributed by atoms with Crippen LogP contribution in [0, 0.1) is 13.8 Å². The third-order valence-corrected chi connectivity index (χ3v) is 5.61. The number of aryl methyl sites for hydroxylation is 2. The Bertz CT molecular complexity index is 1210. The van der Waals surface area contributed by atoms with Crippen molar-refractivity contribution in [1.82, 2.24) is 34.2 Å². The average Bonchev–Trinajstić information content (AvgIpc) is 3.43. The second kappa shape index (κ2) is 7.82. The summed E-state index contributed by atoms with van der Waals surface area (Å²) in [7, 11) is 0. The fourth-order valence-corrected chi connectivity index (χ4v) is 4.10. The van der Waals surface area contributed by atoms with Gasteiger partial charge in [0.2, 0.25) is 11.9 Å². The monoisotopic (exact) mass is 416 g/mol. The van der Waals surface area contributed by atoms with E-state index in [4.69, 9.17) is 10.1 Å². The predicted molar refractivity (Wildman–Crippen MR) is 117 cm³/mol. The Morgan fingerprint density at radius 2 is 1.71 bits per heavy atom. The van der Waals surface area contributed by atoms with Crippen molar-refractivity contribution < 1.29 is 4.79 Å². The Balaban J connectivity index is 1.38. The summed E-state index contributed by atoms with van der Waals surface area (Å²) >= 11 is 0. The molecule has 0 bridgehead atoms. The number of hydrogen-bond acceptors (Lipinski definition) is 6. The van der Waals surface area contributed by atoms with Gasteiger partial charge in [-0.15, -0.1) is 0 Å². The minimum atomic E-state index is 0.0399. The van der Waals surface area contributed by atoms with Gasteiger partial charge in [-0.2, -0.15) is 5.10 Å². The van der Waals surface area contributed by atoms with Crippen LogP contribution in [0.15, 0.2) is 49.1 Å². The maximum Gasteiger partial charge on any atom is 0.244 e. The largest absolute Gasteiger partial charge is 0.338 e. The van der Waals surface area contributed by atoms with E-state index in [2.05, 4.69) is 21.8 Å². The summed E-state index contributed by atoms with van der Waals surface area (Å²) < 4.78 is 3.70. The molecule has 1 aliphatic heterocycles. The molecule has 0 atom stereocenters. The third-order valence-electron chi connectivity index (χ3n) is 5.61. The van der Waals surface area contributed by atoms with Gasteiger partial charge in [0.15, 0.2) is 11.5 Å². The molecule has 1 saturated heterocycles. The number of hydrogen-bond donors (Lipinski definition) is 0. The first-order valence-electron chi connectivity index (χ1n) is 10.4. The van der Waals surface area contributed by atoms with Gasteiger partial charge in [-0.25, -0.2) is 19.6 Å².